The number of carboxylic acids is 1. The van der Waals surface area contributed by atoms with Crippen LogP contribution in [0.1, 0.15) is 72.1 Å². The number of carbonyl (C=O) groups is 2. The van der Waals surface area contributed by atoms with Crippen molar-refractivity contribution in [1.82, 2.24) is 0 Å². The lowest BCUT2D eigenvalue weighted by molar-refractivity contribution is -0.311. The molecule has 1 saturated heterocycles. The van der Waals surface area contributed by atoms with Crippen LogP contribution in [0, 0.1) is 40.4 Å². The second-order valence-corrected chi connectivity index (χ2v) is 16.9. The molecule has 48 heavy (non-hydrogen) atoms. The molecule has 4 aliphatic carbocycles. The van der Waals surface area contributed by atoms with Gasteiger partial charge in [-0.25, -0.2) is 8.37 Å². The molecular formula is C30H47NO15S2. The molecule has 5 rings (SSSR count). The molecule has 5 fully saturated rings. The Morgan fingerprint density at radius 2 is 1.69 bits per heavy atom. The Labute approximate surface area is 280 Å². The van der Waals surface area contributed by atoms with E-state index < -0.39 is 98.9 Å². The molecule has 1 spiro atoms. The molecule has 18 heteroatoms. The Hall–Kier alpha value is -1.74. The summed E-state index contributed by atoms with van der Waals surface area (Å²) in [5, 5.41) is 21.9. The number of carbonyl (C=O) groups excluding carboxylic acids is 1. The Morgan fingerprint density at radius 1 is 1.04 bits per heavy atom. The van der Waals surface area contributed by atoms with Crippen LogP contribution in [0.3, 0.4) is 0 Å². The minimum Gasteiger partial charge on any atom is -0.481 e. The number of rotatable bonds is 11. The zero-order valence-corrected chi connectivity index (χ0v) is 28.8. The Balaban J connectivity index is 1.51. The topological polar surface area (TPSA) is 256 Å². The van der Waals surface area contributed by atoms with Crippen molar-refractivity contribution in [2.24, 2.45) is 46.2 Å². The lowest BCUT2D eigenvalue weighted by atomic mass is 9.43. The van der Waals surface area contributed by atoms with E-state index in [4.69, 9.17) is 24.1 Å². The van der Waals surface area contributed by atoms with Crippen molar-refractivity contribution in [3.8, 4) is 0 Å². The van der Waals surface area contributed by atoms with Gasteiger partial charge >= 0.3 is 32.7 Å². The Morgan fingerprint density at radius 3 is 2.27 bits per heavy atom. The molecule has 0 amide bonds. The first kappa shape index (κ1) is 37.5. The fourth-order valence-electron chi connectivity index (χ4n) is 9.87. The number of aliphatic hydroxyl groups is 1. The first-order valence-electron chi connectivity index (χ1n) is 16.3. The number of nitrogens with two attached hydrogens (primary N) is 1. The number of aliphatic hydroxyl groups excluding tert-OH is 1. The second kappa shape index (κ2) is 13.4. The van der Waals surface area contributed by atoms with Gasteiger partial charge in [-0.3, -0.25) is 18.7 Å². The number of hydrogen-bond donors (Lipinski definition) is 5. The zero-order valence-electron chi connectivity index (χ0n) is 27.2. The minimum absolute atomic E-state index is 0.0157. The standard InChI is InChI=1S/C30H47NO15S2/c1-14(2)9-22(32)44-25-24(46-48(39,40)41)23(45-47(36,37)38)20(13-31)43-28(25)42-17-10-18(27(34)35)19-7-8-30-11-16(15(3)26(30)33)5-6-21(30)29(19,4)12-17/h14,16-21,23-26,28,33H,3,5-13,31H2,1-2,4H3,(H,34,35)(H,36,37,38)(H,39,40,41)/t16?,17?,18?,19?,20-,21?,23-,24?,25?,26+,28?,29?,30?/m1/s1. The van der Waals surface area contributed by atoms with Crippen LogP contribution in [-0.4, -0.2) is 97.6 Å². The molecule has 0 aromatic heterocycles. The second-order valence-electron chi connectivity index (χ2n) is 14.8. The average Bonchev–Trinajstić information content (AvgIpc) is 3.12. The van der Waals surface area contributed by atoms with E-state index in [-0.39, 0.29) is 36.5 Å². The predicted octanol–water partition coefficient (Wildman–Crippen LogP) is 1.63. The molecule has 0 aromatic carbocycles. The summed E-state index contributed by atoms with van der Waals surface area (Å²) in [6, 6.07) is 0. The Bertz CT molecular complexity index is 1490. The summed E-state index contributed by atoms with van der Waals surface area (Å²) in [6.45, 7) is 9.08. The lowest BCUT2D eigenvalue weighted by Gasteiger charge is -2.62. The van der Waals surface area contributed by atoms with Gasteiger partial charge in [0.1, 0.15) is 12.2 Å². The third-order valence-corrected chi connectivity index (χ3v) is 12.5. The van der Waals surface area contributed by atoms with Gasteiger partial charge in [-0.1, -0.05) is 27.4 Å². The summed E-state index contributed by atoms with van der Waals surface area (Å²) in [5.74, 6) is -3.10. The predicted molar refractivity (Wildman–Crippen MR) is 164 cm³/mol. The highest BCUT2D eigenvalue weighted by molar-refractivity contribution is 7.81. The fourth-order valence-corrected chi connectivity index (χ4v) is 10.9. The van der Waals surface area contributed by atoms with E-state index in [9.17, 15) is 45.7 Å². The van der Waals surface area contributed by atoms with Gasteiger partial charge in [0.05, 0.1) is 18.1 Å². The fraction of sp³-hybridized carbons (Fsp3) is 0.867. The highest BCUT2D eigenvalue weighted by Gasteiger charge is 2.67. The van der Waals surface area contributed by atoms with E-state index in [1.54, 1.807) is 13.8 Å². The summed E-state index contributed by atoms with van der Waals surface area (Å²) in [5.41, 5.74) is 5.56. The number of aliphatic carboxylic acids is 1. The van der Waals surface area contributed by atoms with Gasteiger partial charge in [0.2, 0.25) is 0 Å². The molecule has 0 radical (unpaired) electrons. The van der Waals surface area contributed by atoms with Gasteiger partial charge < -0.3 is 30.2 Å². The molecule has 4 saturated carbocycles. The van der Waals surface area contributed by atoms with Crippen LogP contribution in [0.4, 0.5) is 0 Å². The van der Waals surface area contributed by atoms with Gasteiger partial charge in [0, 0.05) is 18.4 Å². The number of fused-ring (bicyclic) bond motifs is 3. The third-order valence-electron chi connectivity index (χ3n) is 11.6. The normalized spacial score (nSPS) is 43.0. The van der Waals surface area contributed by atoms with Crippen LogP contribution in [0.5, 0.6) is 0 Å². The highest BCUT2D eigenvalue weighted by atomic mass is 32.3. The van der Waals surface area contributed by atoms with Gasteiger partial charge in [0.15, 0.2) is 18.5 Å². The van der Waals surface area contributed by atoms with Gasteiger partial charge in [-0.05, 0) is 79.6 Å². The quantitative estimate of drug-likeness (QED) is 0.0878. The molecule has 6 N–H and O–H groups in total. The van der Waals surface area contributed by atoms with E-state index >= 15 is 0 Å². The first-order valence-corrected chi connectivity index (χ1v) is 19.0. The molecule has 5 aliphatic rings. The van der Waals surface area contributed by atoms with Crippen molar-refractivity contribution < 1.29 is 68.3 Å². The monoisotopic (exact) mass is 725 g/mol. The molecular weight excluding hydrogens is 678 g/mol. The van der Waals surface area contributed by atoms with Crippen LogP contribution in [0.25, 0.3) is 0 Å². The zero-order chi connectivity index (χ0) is 35.6. The SMILES string of the molecule is C=C1C2CCC3C4(C)CC(OC5O[C@H](CN)[C@@H](OS(=O)(=O)O)C(OS(=O)(=O)O)C5OC(=O)CC(C)C)CC(C(=O)O)C4CCC3(C2)[C@H]1O. The number of hydrogen-bond acceptors (Lipinski definition) is 13. The summed E-state index contributed by atoms with van der Waals surface area (Å²) >= 11 is 0. The average molecular weight is 726 g/mol. The minimum atomic E-state index is -5.37. The van der Waals surface area contributed by atoms with Crippen LogP contribution < -0.4 is 5.73 Å². The highest BCUT2D eigenvalue weighted by Crippen LogP contribution is 2.70. The molecule has 10 unspecified atom stereocenters. The number of ether oxygens (including phenoxy) is 3. The van der Waals surface area contributed by atoms with E-state index in [2.05, 4.69) is 10.8 Å². The summed E-state index contributed by atoms with van der Waals surface area (Å²) < 4.78 is 94.0. The molecule has 0 aromatic rings. The van der Waals surface area contributed by atoms with Crippen LogP contribution in [0.15, 0.2) is 12.2 Å². The molecule has 1 aliphatic heterocycles. The third kappa shape index (κ3) is 7.20. The van der Waals surface area contributed by atoms with Crippen molar-refractivity contribution in [1.29, 1.82) is 0 Å². The van der Waals surface area contributed by atoms with Gasteiger partial charge in [-0.15, -0.1) is 0 Å². The van der Waals surface area contributed by atoms with E-state index in [1.807, 2.05) is 6.92 Å². The molecule has 274 valence electrons. The number of carboxylic acid groups (broad SMARTS) is 1. The smallest absolute Gasteiger partial charge is 0.397 e. The maximum atomic E-state index is 12.9. The van der Waals surface area contributed by atoms with E-state index in [0.29, 0.717) is 19.3 Å². The largest absolute Gasteiger partial charge is 0.481 e. The van der Waals surface area contributed by atoms with Crippen molar-refractivity contribution in [3.05, 3.63) is 12.2 Å². The number of esters is 1. The van der Waals surface area contributed by atoms with Gasteiger partial charge in [0.25, 0.3) is 0 Å². The first-order chi connectivity index (χ1) is 22.2. The summed E-state index contributed by atoms with van der Waals surface area (Å²) in [4.78, 5) is 25.7. The van der Waals surface area contributed by atoms with Crippen molar-refractivity contribution in [3.63, 3.8) is 0 Å². The van der Waals surface area contributed by atoms with Gasteiger partial charge in [-0.2, -0.15) is 16.8 Å². The van der Waals surface area contributed by atoms with Crippen LogP contribution in [0.2, 0.25) is 0 Å². The Kier molecular flexibility index (Phi) is 10.5. The van der Waals surface area contributed by atoms with Crippen molar-refractivity contribution in [2.75, 3.05) is 6.54 Å². The summed E-state index contributed by atoms with van der Waals surface area (Å²) in [6.07, 6.45) is -7.15. The molecule has 16 nitrogen and oxygen atoms in total. The van der Waals surface area contributed by atoms with E-state index in [0.717, 1.165) is 24.8 Å². The van der Waals surface area contributed by atoms with Crippen LogP contribution in [-0.2, 0) is 53.0 Å². The lowest BCUT2D eigenvalue weighted by Crippen LogP contribution is -2.64. The van der Waals surface area contributed by atoms with Crippen molar-refractivity contribution >= 4 is 32.7 Å². The van der Waals surface area contributed by atoms with E-state index in [1.165, 1.54) is 0 Å². The maximum absolute atomic E-state index is 12.9. The van der Waals surface area contributed by atoms with Crippen LogP contribution >= 0.6 is 0 Å². The molecule has 2 bridgehead atoms. The molecule has 1 heterocycles. The summed E-state index contributed by atoms with van der Waals surface area (Å²) in [7, 11) is -10.7. The molecule has 13 atom stereocenters. The maximum Gasteiger partial charge on any atom is 0.397 e. The van der Waals surface area contributed by atoms with Crippen molar-refractivity contribution in [2.45, 2.75) is 115 Å².